The van der Waals surface area contributed by atoms with Gasteiger partial charge in [0.05, 0.1) is 21.8 Å². The minimum Gasteiger partial charge on any atom is -0.456 e. The Morgan fingerprint density at radius 2 is 1.85 bits per heavy atom. The van der Waals surface area contributed by atoms with E-state index in [0.717, 1.165) is 0 Å². The third kappa shape index (κ3) is 3.94. The average molecular weight is 386 g/mol. The van der Waals surface area contributed by atoms with Crippen molar-refractivity contribution < 1.29 is 13.2 Å². The number of nitrogens with zero attached hydrogens (tertiary/aromatic N) is 2. The van der Waals surface area contributed by atoms with Crippen LogP contribution in [0.15, 0.2) is 71.9 Å². The summed E-state index contributed by atoms with van der Waals surface area (Å²) in [4.78, 5) is 3.93. The van der Waals surface area contributed by atoms with E-state index in [4.69, 9.17) is 21.6 Å². The molecule has 3 aromatic rings. The second-order valence-corrected chi connectivity index (χ2v) is 7.24. The lowest BCUT2D eigenvalue weighted by atomic mass is 10.2. The second-order valence-electron chi connectivity index (χ2n) is 5.15. The number of ether oxygens (including phenoxy) is 1. The lowest BCUT2D eigenvalue weighted by Crippen LogP contribution is -2.12. The molecule has 0 aliphatic rings. The monoisotopic (exact) mass is 385 g/mol. The van der Waals surface area contributed by atoms with Gasteiger partial charge in [-0.2, -0.15) is 5.26 Å². The minimum absolute atomic E-state index is 0.0697. The van der Waals surface area contributed by atoms with Crippen molar-refractivity contribution in [1.29, 1.82) is 5.26 Å². The summed E-state index contributed by atoms with van der Waals surface area (Å²) < 4.78 is 32.8. The number of rotatable bonds is 5. The summed E-state index contributed by atoms with van der Waals surface area (Å²) in [5, 5.41) is 9.44. The molecule has 6 nitrogen and oxygen atoms in total. The Bertz CT molecular complexity index is 1060. The van der Waals surface area contributed by atoms with E-state index in [-0.39, 0.29) is 15.5 Å². The average Bonchev–Trinajstić information content (AvgIpc) is 2.63. The molecule has 2 aromatic carbocycles. The fourth-order valence-electron chi connectivity index (χ4n) is 2.15. The van der Waals surface area contributed by atoms with Crippen molar-refractivity contribution >= 4 is 27.3 Å². The molecular formula is C18H12ClN3O3S. The first-order valence-electron chi connectivity index (χ1n) is 7.39. The Hall–Kier alpha value is -3.08. The SMILES string of the molecule is N#Cc1c(Cl)cccc1Oc1ccc(S(=O)(=O)Nc2cccnc2)cc1. The third-order valence-electron chi connectivity index (χ3n) is 3.36. The van der Waals surface area contributed by atoms with Crippen LogP contribution >= 0.6 is 11.6 Å². The van der Waals surface area contributed by atoms with Crippen LogP contribution in [0.2, 0.25) is 5.02 Å². The van der Waals surface area contributed by atoms with Crippen molar-refractivity contribution in [1.82, 2.24) is 4.98 Å². The largest absolute Gasteiger partial charge is 0.456 e. The summed E-state index contributed by atoms with van der Waals surface area (Å²) in [6, 6.07) is 15.9. The summed E-state index contributed by atoms with van der Waals surface area (Å²) in [6.07, 6.45) is 2.97. The van der Waals surface area contributed by atoms with Gasteiger partial charge in [0, 0.05) is 6.20 Å². The van der Waals surface area contributed by atoms with Crippen LogP contribution in [0.1, 0.15) is 5.56 Å². The van der Waals surface area contributed by atoms with Crippen molar-refractivity contribution in [3.8, 4) is 17.6 Å². The Morgan fingerprint density at radius 1 is 1.08 bits per heavy atom. The maximum absolute atomic E-state index is 12.4. The van der Waals surface area contributed by atoms with Crippen molar-refractivity contribution in [3.05, 3.63) is 77.6 Å². The highest BCUT2D eigenvalue weighted by Crippen LogP contribution is 2.30. The fraction of sp³-hybridized carbons (Fsp3) is 0. The van der Waals surface area contributed by atoms with E-state index in [1.807, 2.05) is 6.07 Å². The highest BCUT2D eigenvalue weighted by atomic mass is 35.5. The first-order valence-corrected chi connectivity index (χ1v) is 9.25. The molecule has 3 rings (SSSR count). The Balaban J connectivity index is 1.81. The van der Waals surface area contributed by atoms with E-state index in [2.05, 4.69) is 9.71 Å². The Labute approximate surface area is 155 Å². The van der Waals surface area contributed by atoms with Gasteiger partial charge < -0.3 is 4.74 Å². The molecular weight excluding hydrogens is 374 g/mol. The quantitative estimate of drug-likeness (QED) is 0.710. The maximum Gasteiger partial charge on any atom is 0.261 e. The molecule has 0 radical (unpaired) electrons. The molecule has 0 saturated carbocycles. The molecule has 0 amide bonds. The fourth-order valence-corrected chi connectivity index (χ4v) is 3.40. The number of benzene rings is 2. The summed E-state index contributed by atoms with van der Waals surface area (Å²) in [5.74, 6) is 0.674. The molecule has 0 saturated heterocycles. The van der Waals surface area contributed by atoms with E-state index in [9.17, 15) is 8.42 Å². The first kappa shape index (κ1) is 17.7. The van der Waals surface area contributed by atoms with Crippen LogP contribution < -0.4 is 9.46 Å². The number of nitrogens with one attached hydrogen (secondary N) is 1. The summed E-state index contributed by atoms with van der Waals surface area (Å²) in [7, 11) is -3.74. The van der Waals surface area contributed by atoms with Gasteiger partial charge >= 0.3 is 0 Å². The van der Waals surface area contributed by atoms with Crippen molar-refractivity contribution in [3.63, 3.8) is 0 Å². The van der Waals surface area contributed by atoms with Gasteiger partial charge in [0.1, 0.15) is 23.1 Å². The van der Waals surface area contributed by atoms with E-state index in [1.165, 1.54) is 30.5 Å². The number of hydrogen-bond acceptors (Lipinski definition) is 5. The van der Waals surface area contributed by atoms with Crippen molar-refractivity contribution in [2.75, 3.05) is 4.72 Å². The van der Waals surface area contributed by atoms with Crippen molar-refractivity contribution in [2.45, 2.75) is 4.90 Å². The zero-order valence-electron chi connectivity index (χ0n) is 13.3. The summed E-state index contributed by atoms with van der Waals surface area (Å²) in [6.45, 7) is 0. The number of hydrogen-bond donors (Lipinski definition) is 1. The molecule has 0 bridgehead atoms. The summed E-state index contributed by atoms with van der Waals surface area (Å²) in [5.41, 5.74) is 0.578. The number of nitriles is 1. The van der Waals surface area contributed by atoms with E-state index in [1.54, 1.807) is 36.5 Å². The molecule has 0 unspecified atom stereocenters. The Kier molecular flexibility index (Phi) is 5.07. The summed E-state index contributed by atoms with van der Waals surface area (Å²) >= 11 is 5.96. The predicted molar refractivity (Wildman–Crippen MR) is 97.7 cm³/mol. The first-order chi connectivity index (χ1) is 12.5. The molecule has 1 heterocycles. The van der Waals surface area contributed by atoms with Gasteiger partial charge in [-0.1, -0.05) is 17.7 Å². The molecule has 1 aromatic heterocycles. The van der Waals surface area contributed by atoms with Crippen LogP contribution in [-0.4, -0.2) is 13.4 Å². The van der Waals surface area contributed by atoms with Crippen LogP contribution in [-0.2, 0) is 10.0 Å². The van der Waals surface area contributed by atoms with Gasteiger partial charge in [-0.25, -0.2) is 8.42 Å². The van der Waals surface area contributed by atoms with Gasteiger partial charge in [0.15, 0.2) is 0 Å². The maximum atomic E-state index is 12.4. The third-order valence-corrected chi connectivity index (χ3v) is 5.07. The van der Waals surface area contributed by atoms with Crippen LogP contribution in [0.25, 0.3) is 0 Å². The predicted octanol–water partition coefficient (Wildman–Crippen LogP) is 4.20. The molecule has 0 aliphatic heterocycles. The number of sulfonamides is 1. The highest BCUT2D eigenvalue weighted by Gasteiger charge is 2.15. The standard InChI is InChI=1S/C18H12ClN3O3S/c19-17-4-1-5-18(16(17)11-20)25-14-6-8-15(9-7-14)26(23,24)22-13-3-2-10-21-12-13/h1-10,12,22H. The zero-order chi connectivity index (χ0) is 18.6. The number of pyridine rings is 1. The van der Waals surface area contributed by atoms with Crippen molar-refractivity contribution in [2.24, 2.45) is 0 Å². The smallest absolute Gasteiger partial charge is 0.261 e. The minimum atomic E-state index is -3.74. The molecule has 1 N–H and O–H groups in total. The molecule has 0 spiro atoms. The van der Waals surface area contributed by atoms with Crippen LogP contribution in [0, 0.1) is 11.3 Å². The molecule has 0 fully saturated rings. The molecule has 8 heteroatoms. The van der Waals surface area contributed by atoms with E-state index < -0.39 is 10.0 Å². The second kappa shape index (κ2) is 7.44. The lowest BCUT2D eigenvalue weighted by Gasteiger charge is -2.10. The Morgan fingerprint density at radius 3 is 2.50 bits per heavy atom. The van der Waals surface area contributed by atoms with Gasteiger partial charge in [0.25, 0.3) is 10.0 Å². The lowest BCUT2D eigenvalue weighted by molar-refractivity contribution is 0.480. The molecule has 0 aliphatic carbocycles. The highest BCUT2D eigenvalue weighted by molar-refractivity contribution is 7.92. The normalized spacial score (nSPS) is 10.8. The zero-order valence-corrected chi connectivity index (χ0v) is 14.8. The van der Waals surface area contributed by atoms with Gasteiger partial charge in [-0.15, -0.1) is 0 Å². The number of aromatic nitrogens is 1. The number of halogens is 1. The van der Waals surface area contributed by atoms with Gasteiger partial charge in [0.2, 0.25) is 0 Å². The van der Waals surface area contributed by atoms with E-state index in [0.29, 0.717) is 17.2 Å². The molecule has 26 heavy (non-hydrogen) atoms. The van der Waals surface area contributed by atoms with Crippen LogP contribution in [0.5, 0.6) is 11.5 Å². The number of anilines is 1. The molecule has 130 valence electrons. The van der Waals surface area contributed by atoms with Gasteiger partial charge in [-0.3, -0.25) is 9.71 Å². The van der Waals surface area contributed by atoms with Gasteiger partial charge in [-0.05, 0) is 48.5 Å². The van der Waals surface area contributed by atoms with Crippen LogP contribution in [0.4, 0.5) is 5.69 Å². The topological polar surface area (TPSA) is 92.1 Å². The van der Waals surface area contributed by atoms with Crippen LogP contribution in [0.3, 0.4) is 0 Å². The van der Waals surface area contributed by atoms with E-state index >= 15 is 0 Å². The molecule has 0 atom stereocenters.